The fourth-order valence-electron chi connectivity index (χ4n) is 4.63. The van der Waals surface area contributed by atoms with Gasteiger partial charge in [-0.1, -0.05) is 27.2 Å². The molecule has 6 nitrogen and oxygen atoms in total. The van der Waals surface area contributed by atoms with Crippen molar-refractivity contribution in [2.45, 2.75) is 47.0 Å². The molecule has 0 N–H and O–H groups in total. The van der Waals surface area contributed by atoms with Gasteiger partial charge in [0.15, 0.2) is 17.3 Å². The molecule has 1 saturated heterocycles. The summed E-state index contributed by atoms with van der Waals surface area (Å²) in [5.74, 6) is -1.15. The normalized spacial score (nSPS) is 13.8. The Morgan fingerprint density at radius 3 is 2.53 bits per heavy atom. The van der Waals surface area contributed by atoms with Gasteiger partial charge in [0, 0.05) is 29.7 Å². The largest absolute Gasteiger partial charge is 0.368 e. The van der Waals surface area contributed by atoms with E-state index in [0.717, 1.165) is 36.0 Å². The highest BCUT2D eigenvalue weighted by molar-refractivity contribution is 5.98. The van der Waals surface area contributed by atoms with Crippen LogP contribution in [0.25, 0.3) is 27.7 Å². The number of anilines is 1. The highest BCUT2D eigenvalue weighted by atomic mass is 19.2. The zero-order valence-electron chi connectivity index (χ0n) is 21.9. The first-order valence-corrected chi connectivity index (χ1v) is 12.8. The monoisotopic (exact) mass is 494 g/mol. The molecule has 36 heavy (non-hydrogen) atoms. The standard InChI is InChI=1S/C20H17F2N5.C8H19N/c1-11-8-26(9-11)13-6-23-20-16(7-24-27(20)10-13)15-5-12(2)25-19-14(15)3-4-17(21)18(19)22;1-4-6-8-9(3)7-5-2/h3-7,10-11H,8-9H2,1-2H3;4-8H2,1-3H3. The van der Waals surface area contributed by atoms with Crippen LogP contribution < -0.4 is 4.90 Å². The quantitative estimate of drug-likeness (QED) is 0.310. The Morgan fingerprint density at radius 1 is 1.06 bits per heavy atom. The van der Waals surface area contributed by atoms with E-state index in [2.05, 4.69) is 52.7 Å². The molecule has 1 aliphatic rings. The summed E-state index contributed by atoms with van der Waals surface area (Å²) < 4.78 is 29.6. The lowest BCUT2D eigenvalue weighted by Gasteiger charge is -2.38. The Morgan fingerprint density at radius 2 is 1.83 bits per heavy atom. The van der Waals surface area contributed by atoms with Crippen molar-refractivity contribution in [2.75, 3.05) is 38.1 Å². The molecule has 0 aliphatic carbocycles. The highest BCUT2D eigenvalue weighted by Crippen LogP contribution is 2.33. The minimum atomic E-state index is -0.934. The SMILES string of the molecule is CCCCN(C)CCC.Cc1cc(-c2cnn3cc(N4CC(C)C4)cnc23)c2ccc(F)c(F)c2n1. The van der Waals surface area contributed by atoms with Crippen molar-refractivity contribution >= 4 is 22.2 Å². The van der Waals surface area contributed by atoms with Crippen LogP contribution in [0.5, 0.6) is 0 Å². The van der Waals surface area contributed by atoms with Crippen molar-refractivity contribution in [3.05, 3.63) is 54.1 Å². The van der Waals surface area contributed by atoms with Crippen LogP contribution in [-0.4, -0.2) is 57.7 Å². The van der Waals surface area contributed by atoms with Crippen LogP contribution in [-0.2, 0) is 0 Å². The molecule has 0 radical (unpaired) electrons. The Kier molecular flexibility index (Phi) is 8.14. The molecular formula is C28H36F2N6. The van der Waals surface area contributed by atoms with Gasteiger partial charge in [-0.3, -0.25) is 0 Å². The van der Waals surface area contributed by atoms with Crippen LogP contribution in [0.3, 0.4) is 0 Å². The second-order valence-electron chi connectivity index (χ2n) is 9.87. The number of nitrogens with zero attached hydrogens (tertiary/aromatic N) is 6. The molecule has 192 valence electrons. The van der Waals surface area contributed by atoms with E-state index in [1.807, 2.05) is 18.5 Å². The maximum atomic E-state index is 14.3. The number of aryl methyl sites for hydroxylation is 1. The third-order valence-electron chi connectivity index (χ3n) is 6.56. The van der Waals surface area contributed by atoms with E-state index in [4.69, 9.17) is 0 Å². The lowest BCUT2D eigenvalue weighted by molar-refractivity contribution is 0.329. The summed E-state index contributed by atoms with van der Waals surface area (Å²) in [7, 11) is 2.19. The first-order valence-electron chi connectivity index (χ1n) is 12.8. The fourth-order valence-corrected chi connectivity index (χ4v) is 4.63. The van der Waals surface area contributed by atoms with Gasteiger partial charge in [0.1, 0.15) is 5.52 Å². The van der Waals surface area contributed by atoms with E-state index in [1.54, 1.807) is 23.7 Å². The summed E-state index contributed by atoms with van der Waals surface area (Å²) >= 11 is 0. The molecule has 0 spiro atoms. The van der Waals surface area contributed by atoms with Gasteiger partial charge in [0.2, 0.25) is 0 Å². The molecule has 1 fully saturated rings. The topological polar surface area (TPSA) is 49.6 Å². The first-order chi connectivity index (χ1) is 17.3. The lowest BCUT2D eigenvalue weighted by atomic mass is 10.0. The molecule has 8 heteroatoms. The van der Waals surface area contributed by atoms with Gasteiger partial charge in [-0.05, 0) is 69.6 Å². The number of aromatic nitrogens is 4. The van der Waals surface area contributed by atoms with Gasteiger partial charge in [-0.25, -0.2) is 23.3 Å². The van der Waals surface area contributed by atoms with Crippen LogP contribution in [0.2, 0.25) is 0 Å². The summed E-state index contributed by atoms with van der Waals surface area (Å²) in [5.41, 5.74) is 3.83. The summed E-state index contributed by atoms with van der Waals surface area (Å²) in [5, 5.41) is 4.97. The molecular weight excluding hydrogens is 458 g/mol. The Labute approximate surface area is 212 Å². The van der Waals surface area contributed by atoms with Crippen LogP contribution >= 0.6 is 0 Å². The predicted octanol–water partition coefficient (Wildman–Crippen LogP) is 6.12. The molecule has 4 aromatic rings. The molecule has 0 amide bonds. The number of hydrogen-bond acceptors (Lipinski definition) is 5. The van der Waals surface area contributed by atoms with Crippen molar-refractivity contribution in [3.63, 3.8) is 0 Å². The zero-order chi connectivity index (χ0) is 25.8. The van der Waals surface area contributed by atoms with Crippen molar-refractivity contribution in [1.82, 2.24) is 24.5 Å². The van der Waals surface area contributed by atoms with E-state index in [1.165, 1.54) is 32.4 Å². The van der Waals surface area contributed by atoms with Crippen molar-refractivity contribution in [3.8, 4) is 11.1 Å². The molecule has 1 aromatic carbocycles. The molecule has 0 atom stereocenters. The van der Waals surface area contributed by atoms with Gasteiger partial charge >= 0.3 is 0 Å². The average molecular weight is 495 g/mol. The van der Waals surface area contributed by atoms with E-state index in [-0.39, 0.29) is 5.52 Å². The number of hydrogen-bond donors (Lipinski definition) is 0. The minimum Gasteiger partial charge on any atom is -0.368 e. The van der Waals surface area contributed by atoms with Gasteiger partial charge in [0.05, 0.1) is 24.3 Å². The number of fused-ring (bicyclic) bond motifs is 2. The Hall–Kier alpha value is -3.13. The average Bonchev–Trinajstić information content (AvgIpc) is 3.26. The third-order valence-corrected chi connectivity index (χ3v) is 6.56. The summed E-state index contributed by atoms with van der Waals surface area (Å²) in [6, 6.07) is 4.53. The van der Waals surface area contributed by atoms with E-state index >= 15 is 0 Å². The highest BCUT2D eigenvalue weighted by Gasteiger charge is 2.24. The lowest BCUT2D eigenvalue weighted by Crippen LogP contribution is -2.45. The van der Waals surface area contributed by atoms with Gasteiger partial charge < -0.3 is 9.80 Å². The number of pyridine rings is 1. The third kappa shape index (κ3) is 5.48. The summed E-state index contributed by atoms with van der Waals surface area (Å²) in [6.45, 7) is 13.0. The Bertz CT molecular complexity index is 1330. The Balaban J connectivity index is 0.000000292. The van der Waals surface area contributed by atoms with Crippen molar-refractivity contribution in [1.29, 1.82) is 0 Å². The van der Waals surface area contributed by atoms with Gasteiger partial charge in [0.25, 0.3) is 0 Å². The maximum Gasteiger partial charge on any atom is 0.185 e. The van der Waals surface area contributed by atoms with Crippen LogP contribution in [0.15, 0.2) is 36.8 Å². The van der Waals surface area contributed by atoms with E-state index in [9.17, 15) is 8.78 Å². The molecule has 5 rings (SSSR count). The van der Waals surface area contributed by atoms with Crippen molar-refractivity contribution < 1.29 is 8.78 Å². The molecule has 0 bridgehead atoms. The van der Waals surface area contributed by atoms with Crippen LogP contribution in [0, 0.1) is 24.5 Å². The second-order valence-corrected chi connectivity index (χ2v) is 9.87. The fraction of sp³-hybridized carbons (Fsp3) is 0.464. The molecule has 3 aromatic heterocycles. The molecule has 0 unspecified atom stereocenters. The van der Waals surface area contributed by atoms with E-state index in [0.29, 0.717) is 22.6 Å². The maximum absolute atomic E-state index is 14.3. The molecule has 4 heterocycles. The number of rotatable bonds is 7. The second kappa shape index (κ2) is 11.3. The minimum absolute atomic E-state index is 0.0236. The zero-order valence-corrected chi connectivity index (χ0v) is 21.9. The smallest absolute Gasteiger partial charge is 0.185 e. The number of unbranched alkanes of at least 4 members (excludes halogenated alkanes) is 1. The van der Waals surface area contributed by atoms with Gasteiger partial charge in [-0.15, -0.1) is 0 Å². The van der Waals surface area contributed by atoms with E-state index < -0.39 is 11.6 Å². The summed E-state index contributed by atoms with van der Waals surface area (Å²) in [6.07, 6.45) is 9.43. The first kappa shape index (κ1) is 25.9. The van der Waals surface area contributed by atoms with Gasteiger partial charge in [-0.2, -0.15) is 5.10 Å². The number of benzene rings is 1. The van der Waals surface area contributed by atoms with Crippen LogP contribution in [0.4, 0.5) is 14.5 Å². The predicted molar refractivity (Wildman–Crippen MR) is 142 cm³/mol. The van der Waals surface area contributed by atoms with Crippen molar-refractivity contribution in [2.24, 2.45) is 5.92 Å². The molecule has 1 aliphatic heterocycles. The summed E-state index contributed by atoms with van der Waals surface area (Å²) in [4.78, 5) is 13.4. The van der Waals surface area contributed by atoms with Crippen LogP contribution in [0.1, 0.15) is 45.7 Å². The molecule has 0 saturated carbocycles. The number of halogens is 2.